The van der Waals surface area contributed by atoms with Gasteiger partial charge in [-0.3, -0.25) is 14.7 Å². The molecule has 2 aromatic heterocycles. The molecule has 1 aromatic carbocycles. The molecular formula is C25H31N5O2. The fourth-order valence-corrected chi connectivity index (χ4v) is 4.03. The average Bonchev–Trinajstić information content (AvgIpc) is 3.27. The fraction of sp³-hybridized carbons (Fsp3) is 0.400. The van der Waals surface area contributed by atoms with Crippen molar-refractivity contribution in [1.29, 1.82) is 0 Å². The van der Waals surface area contributed by atoms with Crippen LogP contribution in [0, 0.1) is 0 Å². The van der Waals surface area contributed by atoms with Gasteiger partial charge in [0.15, 0.2) is 0 Å². The number of unbranched alkanes of at least 4 members (excludes halogenated alkanes) is 1. The molecule has 3 aromatic rings. The highest BCUT2D eigenvalue weighted by Gasteiger charge is 2.29. The van der Waals surface area contributed by atoms with Gasteiger partial charge in [0.05, 0.1) is 12.2 Å². The van der Waals surface area contributed by atoms with E-state index in [1.807, 2.05) is 42.6 Å². The monoisotopic (exact) mass is 433 g/mol. The second-order valence-corrected chi connectivity index (χ2v) is 8.25. The van der Waals surface area contributed by atoms with Gasteiger partial charge in [0.1, 0.15) is 17.3 Å². The van der Waals surface area contributed by atoms with Gasteiger partial charge < -0.3 is 15.0 Å². The van der Waals surface area contributed by atoms with Crippen molar-refractivity contribution in [3.8, 4) is 11.5 Å². The predicted octanol–water partition coefficient (Wildman–Crippen LogP) is 4.93. The summed E-state index contributed by atoms with van der Waals surface area (Å²) < 4.78 is 5.77. The molecule has 1 aliphatic rings. The topological polar surface area (TPSA) is 83.1 Å². The maximum Gasteiger partial charge on any atom is 0.241 e. The minimum atomic E-state index is -0.141. The summed E-state index contributed by atoms with van der Waals surface area (Å²) in [6.07, 6.45) is 11.6. The van der Waals surface area contributed by atoms with E-state index in [-0.39, 0.29) is 11.9 Å². The largest absolute Gasteiger partial charge is 0.456 e. The Hall–Kier alpha value is -3.19. The van der Waals surface area contributed by atoms with Crippen LogP contribution in [0.4, 0.5) is 5.69 Å². The number of imidazole rings is 1. The van der Waals surface area contributed by atoms with Crippen molar-refractivity contribution in [2.75, 3.05) is 11.9 Å². The molecule has 4 rings (SSSR count). The van der Waals surface area contributed by atoms with Crippen LogP contribution in [0.3, 0.4) is 0 Å². The summed E-state index contributed by atoms with van der Waals surface area (Å²) in [6, 6.07) is 11.0. The van der Waals surface area contributed by atoms with E-state index in [1.165, 1.54) is 0 Å². The summed E-state index contributed by atoms with van der Waals surface area (Å²) in [4.78, 5) is 27.3. The molecule has 0 bridgehead atoms. The predicted molar refractivity (Wildman–Crippen MR) is 125 cm³/mol. The SMILES string of the molecule is CCCCc1ncc(CN2CCCCC2C(=O)Nc2ccc(Oc3cccnc3)cc2)[nH]1. The van der Waals surface area contributed by atoms with Crippen LogP contribution in [0.25, 0.3) is 0 Å². The Bertz CT molecular complexity index is 987. The van der Waals surface area contributed by atoms with Gasteiger partial charge in [-0.15, -0.1) is 0 Å². The quantitative estimate of drug-likeness (QED) is 0.500. The number of pyridine rings is 1. The summed E-state index contributed by atoms with van der Waals surface area (Å²) in [5.41, 5.74) is 1.84. The molecule has 168 valence electrons. The maximum atomic E-state index is 13.1. The lowest BCUT2D eigenvalue weighted by atomic mass is 10.0. The smallest absolute Gasteiger partial charge is 0.241 e. The number of carbonyl (C=O) groups excluding carboxylic acids is 1. The summed E-state index contributed by atoms with van der Waals surface area (Å²) >= 11 is 0. The van der Waals surface area contributed by atoms with Crippen LogP contribution in [-0.2, 0) is 17.8 Å². The fourth-order valence-electron chi connectivity index (χ4n) is 4.03. The first-order chi connectivity index (χ1) is 15.7. The molecule has 0 aliphatic carbocycles. The van der Waals surface area contributed by atoms with Gasteiger partial charge in [-0.1, -0.05) is 19.8 Å². The van der Waals surface area contributed by atoms with E-state index in [0.29, 0.717) is 11.5 Å². The van der Waals surface area contributed by atoms with Gasteiger partial charge in [-0.05, 0) is 62.2 Å². The average molecular weight is 434 g/mol. The van der Waals surface area contributed by atoms with Crippen molar-refractivity contribution in [1.82, 2.24) is 19.9 Å². The molecule has 32 heavy (non-hydrogen) atoms. The van der Waals surface area contributed by atoms with Crippen LogP contribution < -0.4 is 10.1 Å². The number of aromatic amines is 1. The van der Waals surface area contributed by atoms with E-state index in [2.05, 4.69) is 32.1 Å². The van der Waals surface area contributed by atoms with Crippen molar-refractivity contribution in [3.05, 3.63) is 66.5 Å². The van der Waals surface area contributed by atoms with Crippen molar-refractivity contribution in [2.45, 2.75) is 58.0 Å². The number of carbonyl (C=O) groups is 1. The molecule has 0 spiro atoms. The maximum absolute atomic E-state index is 13.1. The van der Waals surface area contributed by atoms with E-state index >= 15 is 0 Å². The van der Waals surface area contributed by atoms with Crippen LogP contribution in [0.2, 0.25) is 0 Å². The van der Waals surface area contributed by atoms with Gasteiger partial charge in [0.25, 0.3) is 0 Å². The van der Waals surface area contributed by atoms with Crippen molar-refractivity contribution >= 4 is 11.6 Å². The number of amides is 1. The number of nitrogens with one attached hydrogen (secondary N) is 2. The van der Waals surface area contributed by atoms with Gasteiger partial charge in [0, 0.05) is 36.7 Å². The first-order valence-electron chi connectivity index (χ1n) is 11.5. The molecular weight excluding hydrogens is 402 g/mol. The Morgan fingerprint density at radius 3 is 2.84 bits per heavy atom. The van der Waals surface area contributed by atoms with Crippen LogP contribution in [0.1, 0.15) is 50.5 Å². The highest BCUT2D eigenvalue weighted by atomic mass is 16.5. The minimum absolute atomic E-state index is 0.0383. The molecule has 1 amide bonds. The minimum Gasteiger partial charge on any atom is -0.456 e. The molecule has 1 atom stereocenters. The van der Waals surface area contributed by atoms with E-state index in [1.54, 1.807) is 12.4 Å². The Labute approximate surface area is 189 Å². The number of anilines is 1. The number of likely N-dealkylation sites (tertiary alicyclic amines) is 1. The summed E-state index contributed by atoms with van der Waals surface area (Å²) in [6.45, 7) is 3.82. The molecule has 1 saturated heterocycles. The summed E-state index contributed by atoms with van der Waals surface area (Å²) in [5.74, 6) is 2.46. The lowest BCUT2D eigenvalue weighted by Gasteiger charge is -2.34. The number of aryl methyl sites for hydroxylation is 1. The van der Waals surface area contributed by atoms with Crippen LogP contribution >= 0.6 is 0 Å². The summed E-state index contributed by atoms with van der Waals surface area (Å²) in [7, 11) is 0. The molecule has 0 radical (unpaired) electrons. The number of benzene rings is 1. The third kappa shape index (κ3) is 5.95. The zero-order valence-electron chi connectivity index (χ0n) is 18.6. The number of hydrogen-bond acceptors (Lipinski definition) is 5. The first kappa shape index (κ1) is 22.0. The zero-order valence-corrected chi connectivity index (χ0v) is 18.6. The van der Waals surface area contributed by atoms with Crippen molar-refractivity contribution in [3.63, 3.8) is 0 Å². The normalized spacial score (nSPS) is 16.6. The van der Waals surface area contributed by atoms with Gasteiger partial charge in [-0.2, -0.15) is 0 Å². The molecule has 1 aliphatic heterocycles. The number of piperidine rings is 1. The molecule has 7 nitrogen and oxygen atoms in total. The van der Waals surface area contributed by atoms with E-state index in [0.717, 1.165) is 68.8 Å². The highest BCUT2D eigenvalue weighted by Crippen LogP contribution is 2.24. The lowest BCUT2D eigenvalue weighted by Crippen LogP contribution is -2.46. The zero-order chi connectivity index (χ0) is 22.2. The van der Waals surface area contributed by atoms with Crippen molar-refractivity contribution < 1.29 is 9.53 Å². The molecule has 1 fully saturated rings. The highest BCUT2D eigenvalue weighted by molar-refractivity contribution is 5.94. The Kier molecular flexibility index (Phi) is 7.51. The second-order valence-electron chi connectivity index (χ2n) is 8.25. The van der Waals surface area contributed by atoms with Gasteiger partial charge in [-0.25, -0.2) is 4.98 Å². The number of aromatic nitrogens is 3. The van der Waals surface area contributed by atoms with Crippen LogP contribution in [-0.4, -0.2) is 38.3 Å². The molecule has 0 saturated carbocycles. The number of H-pyrrole nitrogens is 1. The number of ether oxygens (including phenoxy) is 1. The standard InChI is InChI=1S/C25H31N5O2/c1-2-3-9-24-27-16-20(28-24)18-30-15-5-4-8-23(30)25(31)29-19-10-12-21(13-11-19)32-22-7-6-14-26-17-22/h6-7,10-14,16-17,23H,2-5,8-9,15,18H2,1H3,(H,27,28)(H,29,31). The van der Waals surface area contributed by atoms with Gasteiger partial charge in [0.2, 0.25) is 5.91 Å². The number of rotatable bonds is 9. The Balaban J connectivity index is 1.35. The van der Waals surface area contributed by atoms with E-state index in [9.17, 15) is 4.79 Å². The lowest BCUT2D eigenvalue weighted by molar-refractivity contribution is -0.122. The second kappa shape index (κ2) is 10.9. The third-order valence-electron chi connectivity index (χ3n) is 5.73. The van der Waals surface area contributed by atoms with E-state index < -0.39 is 0 Å². The Morgan fingerprint density at radius 1 is 1.19 bits per heavy atom. The van der Waals surface area contributed by atoms with Crippen LogP contribution in [0.5, 0.6) is 11.5 Å². The van der Waals surface area contributed by atoms with Crippen molar-refractivity contribution in [2.24, 2.45) is 0 Å². The number of nitrogens with zero attached hydrogens (tertiary/aromatic N) is 3. The first-order valence-corrected chi connectivity index (χ1v) is 11.5. The Morgan fingerprint density at radius 2 is 2.06 bits per heavy atom. The van der Waals surface area contributed by atoms with Crippen LogP contribution in [0.15, 0.2) is 55.0 Å². The number of hydrogen-bond donors (Lipinski definition) is 2. The molecule has 3 heterocycles. The molecule has 1 unspecified atom stereocenters. The third-order valence-corrected chi connectivity index (χ3v) is 5.73. The summed E-state index contributed by atoms with van der Waals surface area (Å²) in [5, 5.41) is 3.08. The molecule has 2 N–H and O–H groups in total. The van der Waals surface area contributed by atoms with E-state index in [4.69, 9.17) is 4.74 Å². The van der Waals surface area contributed by atoms with Gasteiger partial charge >= 0.3 is 0 Å². The molecule has 7 heteroatoms.